The Kier molecular flexibility index (Phi) is 8.92. The third-order valence-corrected chi connectivity index (χ3v) is 5.73. The van der Waals surface area contributed by atoms with E-state index in [4.69, 9.17) is 44.3 Å². The van der Waals surface area contributed by atoms with Crippen LogP contribution in [0.15, 0.2) is 36.4 Å². The van der Waals surface area contributed by atoms with Gasteiger partial charge in [-0.05, 0) is 41.8 Å². The van der Waals surface area contributed by atoms with Gasteiger partial charge in [-0.1, -0.05) is 56.1 Å². The number of aliphatic hydroxyl groups excluding tert-OH is 2. The first-order chi connectivity index (χ1) is 13.7. The molecule has 0 saturated carbocycles. The van der Waals surface area contributed by atoms with Crippen LogP contribution in [0.25, 0.3) is 0 Å². The maximum atomic E-state index is 9.63. The molecule has 29 heavy (non-hydrogen) atoms. The lowest BCUT2D eigenvalue weighted by Crippen LogP contribution is -2.21. The van der Waals surface area contributed by atoms with Gasteiger partial charge in [0.15, 0.2) is 5.75 Å². The van der Waals surface area contributed by atoms with Gasteiger partial charge in [-0.15, -0.1) is 11.6 Å². The van der Waals surface area contributed by atoms with E-state index in [1.54, 1.807) is 0 Å². The Labute approximate surface area is 187 Å². The van der Waals surface area contributed by atoms with E-state index in [0.29, 0.717) is 28.0 Å². The van der Waals surface area contributed by atoms with Gasteiger partial charge in [0.05, 0.1) is 22.0 Å². The van der Waals surface area contributed by atoms with Crippen molar-refractivity contribution in [1.82, 2.24) is 0 Å². The third kappa shape index (κ3) is 6.40. The fourth-order valence-electron chi connectivity index (χ4n) is 2.73. The van der Waals surface area contributed by atoms with Crippen molar-refractivity contribution in [2.24, 2.45) is 0 Å². The number of aliphatic hydroxyl groups is 2. The van der Waals surface area contributed by atoms with Crippen LogP contribution in [0.2, 0.25) is 10.0 Å². The summed E-state index contributed by atoms with van der Waals surface area (Å²) >= 11 is 18.4. The van der Waals surface area contributed by atoms with Crippen molar-refractivity contribution in [2.45, 2.75) is 44.8 Å². The van der Waals surface area contributed by atoms with Crippen LogP contribution in [0.1, 0.15) is 38.3 Å². The number of ether oxygens (including phenoxy) is 2. The highest BCUT2D eigenvalue weighted by Crippen LogP contribution is 2.40. The summed E-state index contributed by atoms with van der Waals surface area (Å²) in [5.41, 5.74) is 1.61. The van der Waals surface area contributed by atoms with Crippen LogP contribution in [-0.2, 0) is 5.41 Å². The van der Waals surface area contributed by atoms with E-state index in [9.17, 15) is 10.2 Å². The Morgan fingerprint density at radius 2 is 1.45 bits per heavy atom. The molecular weight excluding hydrogens is 435 g/mol. The summed E-state index contributed by atoms with van der Waals surface area (Å²) in [5, 5.41) is 19.9. The zero-order chi connectivity index (χ0) is 21.6. The Bertz CT molecular complexity index is 770. The molecule has 0 spiro atoms. The van der Waals surface area contributed by atoms with Crippen LogP contribution in [0.3, 0.4) is 0 Å². The number of halogens is 3. The molecule has 0 radical (unpaired) electrons. The summed E-state index contributed by atoms with van der Waals surface area (Å²) < 4.78 is 11.1. The van der Waals surface area contributed by atoms with Crippen LogP contribution in [0.5, 0.6) is 11.5 Å². The summed E-state index contributed by atoms with van der Waals surface area (Å²) in [6, 6.07) is 11.4. The van der Waals surface area contributed by atoms with Crippen LogP contribution in [-0.4, -0.2) is 41.5 Å². The average Bonchev–Trinajstić information content (AvgIpc) is 2.71. The lowest BCUT2D eigenvalue weighted by molar-refractivity contribution is 0.104. The maximum absolute atomic E-state index is 9.63. The number of alkyl halides is 1. The quantitative estimate of drug-likeness (QED) is 0.462. The first-order valence-corrected chi connectivity index (χ1v) is 10.8. The van der Waals surface area contributed by atoms with E-state index in [0.717, 1.165) is 11.1 Å². The molecule has 0 aliphatic heterocycles. The number of benzene rings is 2. The highest BCUT2D eigenvalue weighted by molar-refractivity contribution is 6.37. The van der Waals surface area contributed by atoms with Crippen molar-refractivity contribution in [3.8, 4) is 11.5 Å². The second-order valence-corrected chi connectivity index (χ2v) is 8.53. The summed E-state index contributed by atoms with van der Waals surface area (Å²) in [7, 11) is 0. The summed E-state index contributed by atoms with van der Waals surface area (Å²) in [6.07, 6.45) is -0.613. The summed E-state index contributed by atoms with van der Waals surface area (Å²) in [6.45, 7) is 6.34. The van der Waals surface area contributed by atoms with Crippen molar-refractivity contribution in [3.05, 3.63) is 57.6 Å². The molecule has 0 unspecified atom stereocenters. The van der Waals surface area contributed by atoms with Gasteiger partial charge in [-0.2, -0.15) is 0 Å². The van der Waals surface area contributed by atoms with Crippen LogP contribution in [0, 0.1) is 0 Å². The molecule has 0 amide bonds. The number of hydrogen-bond acceptors (Lipinski definition) is 4. The van der Waals surface area contributed by atoms with Crippen molar-refractivity contribution in [1.29, 1.82) is 0 Å². The molecule has 160 valence electrons. The minimum absolute atomic E-state index is 0.0138. The molecule has 2 aromatic rings. The highest BCUT2D eigenvalue weighted by atomic mass is 35.5. The molecule has 2 aromatic carbocycles. The predicted molar refractivity (Wildman–Crippen MR) is 119 cm³/mol. The maximum Gasteiger partial charge on any atom is 0.156 e. The van der Waals surface area contributed by atoms with Crippen LogP contribution >= 0.6 is 34.8 Å². The van der Waals surface area contributed by atoms with Gasteiger partial charge < -0.3 is 19.7 Å². The van der Waals surface area contributed by atoms with E-state index in [2.05, 4.69) is 13.8 Å². The lowest BCUT2D eigenvalue weighted by Gasteiger charge is -2.27. The van der Waals surface area contributed by atoms with E-state index in [1.165, 1.54) is 0 Å². The molecule has 0 aliphatic rings. The number of rotatable bonds is 10. The van der Waals surface area contributed by atoms with Crippen molar-refractivity contribution >= 4 is 34.8 Å². The fourth-order valence-corrected chi connectivity index (χ4v) is 3.41. The van der Waals surface area contributed by atoms with Gasteiger partial charge in [0, 0.05) is 5.41 Å². The van der Waals surface area contributed by atoms with E-state index in [1.807, 2.05) is 43.3 Å². The van der Waals surface area contributed by atoms with Gasteiger partial charge in [0.1, 0.15) is 25.1 Å². The molecule has 2 N–H and O–H groups in total. The molecule has 4 nitrogen and oxygen atoms in total. The highest BCUT2D eigenvalue weighted by Gasteiger charge is 2.26. The Morgan fingerprint density at radius 1 is 0.897 bits per heavy atom. The number of hydrogen-bond donors (Lipinski definition) is 2. The summed E-state index contributed by atoms with van der Waals surface area (Å²) in [5.74, 6) is 1.10. The Balaban J connectivity index is 2.19. The van der Waals surface area contributed by atoms with E-state index < -0.39 is 12.2 Å². The summed E-state index contributed by atoms with van der Waals surface area (Å²) in [4.78, 5) is 0. The normalized spacial score (nSPS) is 13.8. The standard InChI is InChI=1S/C22H27Cl3O4/c1-4-16(26)12-28-18-7-5-14(6-8-18)22(2,3)15-9-19(24)21(20(25)10-15)29-13-17(27)11-23/h5-10,16-17,26-27H,4,11-13H2,1-3H3/t16-,17+/m1/s1. The van der Waals surface area contributed by atoms with Gasteiger partial charge in [-0.3, -0.25) is 0 Å². The van der Waals surface area contributed by atoms with Crippen LogP contribution in [0.4, 0.5) is 0 Å². The Morgan fingerprint density at radius 3 is 1.97 bits per heavy atom. The molecule has 2 rings (SSSR count). The smallest absolute Gasteiger partial charge is 0.156 e. The van der Waals surface area contributed by atoms with Gasteiger partial charge in [0.2, 0.25) is 0 Å². The topological polar surface area (TPSA) is 58.9 Å². The van der Waals surface area contributed by atoms with Gasteiger partial charge >= 0.3 is 0 Å². The zero-order valence-electron chi connectivity index (χ0n) is 16.8. The van der Waals surface area contributed by atoms with Gasteiger partial charge in [0.25, 0.3) is 0 Å². The zero-order valence-corrected chi connectivity index (χ0v) is 19.1. The van der Waals surface area contributed by atoms with E-state index in [-0.39, 0.29) is 24.5 Å². The molecular formula is C22H27Cl3O4. The average molecular weight is 462 g/mol. The molecule has 0 aliphatic carbocycles. The van der Waals surface area contributed by atoms with Crippen molar-refractivity contribution < 1.29 is 19.7 Å². The second kappa shape index (κ2) is 10.7. The molecule has 0 saturated heterocycles. The first kappa shape index (κ1) is 24.1. The molecule has 0 heterocycles. The monoisotopic (exact) mass is 460 g/mol. The molecule has 7 heteroatoms. The van der Waals surface area contributed by atoms with Crippen molar-refractivity contribution in [2.75, 3.05) is 19.1 Å². The predicted octanol–water partition coefficient (Wildman–Crippen LogP) is 5.45. The minimum Gasteiger partial charge on any atom is -0.491 e. The third-order valence-electron chi connectivity index (χ3n) is 4.81. The molecule has 0 fully saturated rings. The van der Waals surface area contributed by atoms with Crippen LogP contribution < -0.4 is 9.47 Å². The minimum atomic E-state index is -0.793. The largest absolute Gasteiger partial charge is 0.491 e. The SMILES string of the molecule is CC[C@@H](O)COc1ccc(C(C)(C)c2cc(Cl)c(OC[C@@H](O)CCl)c(Cl)c2)cc1. The first-order valence-electron chi connectivity index (χ1n) is 9.46. The van der Waals surface area contributed by atoms with Gasteiger partial charge in [-0.25, -0.2) is 0 Å². The second-order valence-electron chi connectivity index (χ2n) is 7.41. The fraction of sp³-hybridized carbons (Fsp3) is 0.455. The molecule has 2 atom stereocenters. The Hall–Kier alpha value is -1.17. The molecule has 0 aromatic heterocycles. The van der Waals surface area contributed by atoms with Crippen molar-refractivity contribution in [3.63, 3.8) is 0 Å². The molecule has 0 bridgehead atoms. The lowest BCUT2D eigenvalue weighted by atomic mass is 9.78. The van der Waals surface area contributed by atoms with E-state index >= 15 is 0 Å².